The van der Waals surface area contributed by atoms with Gasteiger partial charge in [-0.25, -0.2) is 0 Å². The maximum atomic E-state index is 12.5. The van der Waals surface area contributed by atoms with Crippen molar-refractivity contribution < 1.29 is 4.79 Å². The predicted molar refractivity (Wildman–Crippen MR) is 81.9 cm³/mol. The summed E-state index contributed by atoms with van der Waals surface area (Å²) < 4.78 is 1.73. The highest BCUT2D eigenvalue weighted by molar-refractivity contribution is 5.85. The van der Waals surface area contributed by atoms with Gasteiger partial charge in [0, 0.05) is 32.4 Å². The lowest BCUT2D eigenvalue weighted by Gasteiger charge is -2.25. The van der Waals surface area contributed by atoms with E-state index >= 15 is 0 Å². The van der Waals surface area contributed by atoms with Gasteiger partial charge in [0.25, 0.3) is 0 Å². The number of aryl methyl sites for hydroxylation is 1. The Morgan fingerprint density at radius 3 is 2.70 bits per heavy atom. The molecule has 1 saturated carbocycles. The van der Waals surface area contributed by atoms with Crippen molar-refractivity contribution in [1.29, 1.82) is 0 Å². The van der Waals surface area contributed by atoms with Crippen molar-refractivity contribution in [2.75, 3.05) is 20.6 Å². The fourth-order valence-electron chi connectivity index (χ4n) is 2.91. The third kappa shape index (κ3) is 3.96. The highest BCUT2D eigenvalue weighted by Gasteiger charge is 2.26. The maximum Gasteiger partial charge on any atom is 0.244 e. The Morgan fingerprint density at radius 2 is 2.20 bits per heavy atom. The fraction of sp³-hybridized carbons (Fsp3) is 0.714. The molecule has 1 aromatic rings. The Bertz CT molecular complexity index is 429. The lowest BCUT2D eigenvalue weighted by atomic mass is 10.1. The van der Waals surface area contributed by atoms with E-state index in [1.165, 1.54) is 25.7 Å². The number of carbonyl (C=O) groups excluding carboxylic acids is 1. The summed E-state index contributed by atoms with van der Waals surface area (Å²) in [5.41, 5.74) is 0.924. The van der Waals surface area contributed by atoms with E-state index < -0.39 is 0 Å². The van der Waals surface area contributed by atoms with Crippen LogP contribution < -0.4 is 5.32 Å². The summed E-state index contributed by atoms with van der Waals surface area (Å²) in [6.45, 7) is 0.872. The van der Waals surface area contributed by atoms with Gasteiger partial charge in [-0.3, -0.25) is 9.48 Å². The van der Waals surface area contributed by atoms with Gasteiger partial charge in [0.05, 0.1) is 6.20 Å². The molecule has 114 valence electrons. The maximum absolute atomic E-state index is 12.5. The molecule has 2 rings (SSSR count). The molecule has 6 heteroatoms. The second kappa shape index (κ2) is 7.64. The van der Waals surface area contributed by atoms with Crippen molar-refractivity contribution in [3.8, 4) is 0 Å². The number of aromatic nitrogens is 2. The van der Waals surface area contributed by atoms with Gasteiger partial charge >= 0.3 is 0 Å². The summed E-state index contributed by atoms with van der Waals surface area (Å²) >= 11 is 0. The molecule has 0 aromatic carbocycles. The normalized spacial score (nSPS) is 16.8. The molecule has 1 fully saturated rings. The highest BCUT2D eigenvalue weighted by Crippen LogP contribution is 2.26. The molecule has 0 bridgehead atoms. The standard InChI is InChI=1S/C14H24N4O.ClH/c1-15-13(12-8-16-18(3)10-12)14(19)17(2)9-11-6-4-5-7-11;/h8,10-11,13,15H,4-7,9H2,1-3H3;1H. The van der Waals surface area contributed by atoms with Crippen molar-refractivity contribution in [2.24, 2.45) is 13.0 Å². The average Bonchev–Trinajstić information content (AvgIpc) is 3.02. The van der Waals surface area contributed by atoms with Gasteiger partial charge in [0.1, 0.15) is 6.04 Å². The molecule has 20 heavy (non-hydrogen) atoms. The van der Waals surface area contributed by atoms with Crippen LogP contribution in [0.2, 0.25) is 0 Å². The molecule has 1 amide bonds. The number of hydrogen-bond acceptors (Lipinski definition) is 3. The minimum Gasteiger partial charge on any atom is -0.344 e. The molecule has 1 aliphatic carbocycles. The monoisotopic (exact) mass is 300 g/mol. The predicted octanol–water partition coefficient (Wildman–Crippen LogP) is 1.75. The van der Waals surface area contributed by atoms with Gasteiger partial charge in [0.2, 0.25) is 5.91 Å². The summed E-state index contributed by atoms with van der Waals surface area (Å²) in [6.07, 6.45) is 8.78. The number of rotatable bonds is 5. The van der Waals surface area contributed by atoms with Crippen LogP contribution in [0.15, 0.2) is 12.4 Å². The van der Waals surface area contributed by atoms with Crippen LogP contribution >= 0.6 is 12.4 Å². The number of nitrogens with one attached hydrogen (secondary N) is 1. The van der Waals surface area contributed by atoms with Gasteiger partial charge < -0.3 is 10.2 Å². The number of amides is 1. The van der Waals surface area contributed by atoms with Crippen molar-refractivity contribution >= 4 is 18.3 Å². The largest absolute Gasteiger partial charge is 0.344 e. The van der Waals surface area contributed by atoms with Crippen LogP contribution in [0, 0.1) is 5.92 Å². The van der Waals surface area contributed by atoms with Crippen LogP contribution in [0.1, 0.15) is 37.3 Å². The Kier molecular flexibility index (Phi) is 6.49. The molecule has 1 unspecified atom stereocenters. The zero-order valence-corrected chi connectivity index (χ0v) is 13.3. The fourth-order valence-corrected chi connectivity index (χ4v) is 2.91. The third-order valence-corrected chi connectivity index (χ3v) is 3.98. The SMILES string of the molecule is CNC(C(=O)N(C)CC1CCCC1)c1cnn(C)c1.Cl. The molecule has 0 radical (unpaired) electrons. The van der Waals surface area contributed by atoms with Crippen molar-refractivity contribution in [3.05, 3.63) is 18.0 Å². The van der Waals surface area contributed by atoms with E-state index in [-0.39, 0.29) is 24.4 Å². The first-order chi connectivity index (χ1) is 9.11. The van der Waals surface area contributed by atoms with Gasteiger partial charge in [0.15, 0.2) is 0 Å². The first-order valence-electron chi connectivity index (χ1n) is 7.02. The first-order valence-corrected chi connectivity index (χ1v) is 7.02. The number of carbonyl (C=O) groups is 1. The summed E-state index contributed by atoms with van der Waals surface area (Å²) in [7, 11) is 5.59. The van der Waals surface area contributed by atoms with Gasteiger partial charge in [-0.05, 0) is 25.8 Å². The molecular weight excluding hydrogens is 276 g/mol. The quantitative estimate of drug-likeness (QED) is 0.901. The molecule has 0 aliphatic heterocycles. The lowest BCUT2D eigenvalue weighted by molar-refractivity contribution is -0.132. The van der Waals surface area contributed by atoms with E-state index in [1.807, 2.05) is 32.2 Å². The number of hydrogen-bond donors (Lipinski definition) is 1. The molecule has 1 N–H and O–H groups in total. The third-order valence-electron chi connectivity index (χ3n) is 3.98. The van der Waals surface area contributed by atoms with E-state index in [1.54, 1.807) is 10.9 Å². The van der Waals surface area contributed by atoms with E-state index in [0.29, 0.717) is 5.92 Å². The molecule has 5 nitrogen and oxygen atoms in total. The summed E-state index contributed by atoms with van der Waals surface area (Å²) in [4.78, 5) is 14.4. The van der Waals surface area contributed by atoms with Crippen molar-refractivity contribution in [3.63, 3.8) is 0 Å². The van der Waals surface area contributed by atoms with E-state index in [4.69, 9.17) is 0 Å². The van der Waals surface area contributed by atoms with Gasteiger partial charge in [-0.2, -0.15) is 5.10 Å². The Balaban J connectivity index is 0.00000200. The lowest BCUT2D eigenvalue weighted by Crippen LogP contribution is -2.39. The van der Waals surface area contributed by atoms with E-state index in [2.05, 4.69) is 10.4 Å². The number of likely N-dealkylation sites (N-methyl/N-ethyl adjacent to an activating group) is 2. The average molecular weight is 301 g/mol. The Hall–Kier alpha value is -1.07. The first kappa shape index (κ1) is 17.0. The molecular formula is C14H25ClN4O. The molecule has 1 aliphatic rings. The zero-order chi connectivity index (χ0) is 13.8. The van der Waals surface area contributed by atoms with E-state index in [0.717, 1.165) is 12.1 Å². The molecule has 1 atom stereocenters. The topological polar surface area (TPSA) is 50.2 Å². The smallest absolute Gasteiger partial charge is 0.244 e. The van der Waals surface area contributed by atoms with Crippen LogP contribution in [0.5, 0.6) is 0 Å². The number of nitrogens with zero attached hydrogens (tertiary/aromatic N) is 3. The summed E-state index contributed by atoms with van der Waals surface area (Å²) in [6, 6.07) is -0.292. The molecule has 0 saturated heterocycles. The summed E-state index contributed by atoms with van der Waals surface area (Å²) in [5.74, 6) is 0.808. The molecule has 1 aromatic heterocycles. The summed E-state index contributed by atoms with van der Waals surface area (Å²) in [5, 5.41) is 7.23. The second-order valence-corrected chi connectivity index (χ2v) is 5.54. The van der Waals surface area contributed by atoms with Gasteiger partial charge in [-0.1, -0.05) is 12.8 Å². The van der Waals surface area contributed by atoms with E-state index in [9.17, 15) is 4.79 Å². The minimum atomic E-state index is -0.292. The van der Waals surface area contributed by atoms with Crippen molar-refractivity contribution in [2.45, 2.75) is 31.7 Å². The van der Waals surface area contributed by atoms with Crippen LogP contribution in [0.25, 0.3) is 0 Å². The zero-order valence-electron chi connectivity index (χ0n) is 12.5. The Labute approximate surface area is 127 Å². The van der Waals surface area contributed by atoms with Crippen LogP contribution in [0.3, 0.4) is 0 Å². The van der Waals surface area contributed by atoms with Crippen molar-refractivity contribution in [1.82, 2.24) is 20.0 Å². The van der Waals surface area contributed by atoms with Crippen LogP contribution in [-0.4, -0.2) is 41.2 Å². The molecule has 1 heterocycles. The second-order valence-electron chi connectivity index (χ2n) is 5.54. The van der Waals surface area contributed by atoms with Crippen LogP contribution in [0.4, 0.5) is 0 Å². The number of halogens is 1. The highest BCUT2D eigenvalue weighted by atomic mass is 35.5. The van der Waals surface area contributed by atoms with Gasteiger partial charge in [-0.15, -0.1) is 12.4 Å². The Morgan fingerprint density at radius 1 is 1.55 bits per heavy atom. The van der Waals surface area contributed by atoms with Crippen LogP contribution in [-0.2, 0) is 11.8 Å². The molecule has 0 spiro atoms. The minimum absolute atomic E-state index is 0.